The van der Waals surface area contributed by atoms with Gasteiger partial charge in [0, 0.05) is 12.6 Å². The topological polar surface area (TPSA) is 52.8 Å². The lowest BCUT2D eigenvalue weighted by molar-refractivity contribution is 0.479. The number of aryl methyl sites for hydroxylation is 1. The van der Waals surface area contributed by atoms with Crippen molar-refractivity contribution in [3.05, 3.63) is 16.8 Å². The van der Waals surface area contributed by atoms with Crippen LogP contribution in [-0.4, -0.2) is 22.8 Å². The first-order valence-electron chi connectivity index (χ1n) is 7.28. The van der Waals surface area contributed by atoms with Gasteiger partial charge in [-0.2, -0.15) is 10.4 Å². The second-order valence-electron chi connectivity index (χ2n) is 5.18. The lowest BCUT2D eigenvalue weighted by atomic mass is 10.00. The molecule has 19 heavy (non-hydrogen) atoms. The monoisotopic (exact) mass is 258 g/mol. The molecule has 4 nitrogen and oxygen atoms in total. The Morgan fingerprint density at radius 2 is 2.05 bits per heavy atom. The second kappa shape index (κ2) is 6.01. The zero-order valence-electron chi connectivity index (χ0n) is 12.1. The van der Waals surface area contributed by atoms with Gasteiger partial charge in [0.05, 0.1) is 5.69 Å². The van der Waals surface area contributed by atoms with Gasteiger partial charge >= 0.3 is 0 Å². The molecule has 0 bridgehead atoms. The van der Waals surface area contributed by atoms with Gasteiger partial charge in [0.15, 0.2) is 5.82 Å². The van der Waals surface area contributed by atoms with Gasteiger partial charge in [-0.1, -0.05) is 13.8 Å². The molecular weight excluding hydrogens is 236 g/mol. The normalized spacial score (nSPS) is 19.3. The third-order valence-electron chi connectivity index (χ3n) is 4.01. The average molecular weight is 258 g/mol. The first kappa shape index (κ1) is 13.8. The highest BCUT2D eigenvalue weighted by Gasteiger charge is 2.25. The molecule has 0 saturated carbocycles. The summed E-state index contributed by atoms with van der Waals surface area (Å²) in [7, 11) is 0. The van der Waals surface area contributed by atoms with E-state index < -0.39 is 0 Å². The molecule has 0 aromatic carbocycles. The first-order valence-corrected chi connectivity index (χ1v) is 7.28. The molecule has 1 aliphatic rings. The maximum Gasteiger partial charge on any atom is 0.169 e. The standard InChI is InChI=1S/C15H22N4/c1-4-12-13(10-16)15(18-17-14(12)5-2)19-9-7-6-8-11(19)3/h11H,4-9H2,1-3H3. The van der Waals surface area contributed by atoms with Crippen molar-refractivity contribution in [1.82, 2.24) is 10.2 Å². The molecule has 1 aromatic heterocycles. The molecular formula is C15H22N4. The summed E-state index contributed by atoms with van der Waals surface area (Å²) >= 11 is 0. The molecule has 2 heterocycles. The molecule has 102 valence electrons. The number of aromatic nitrogens is 2. The average Bonchev–Trinajstić information content (AvgIpc) is 2.46. The molecule has 1 unspecified atom stereocenters. The van der Waals surface area contributed by atoms with Gasteiger partial charge in [0.2, 0.25) is 0 Å². The number of anilines is 1. The Balaban J connectivity index is 2.48. The summed E-state index contributed by atoms with van der Waals surface area (Å²) in [5.41, 5.74) is 2.78. The Bertz CT molecular complexity index is 490. The summed E-state index contributed by atoms with van der Waals surface area (Å²) in [6.07, 6.45) is 5.29. The first-order chi connectivity index (χ1) is 9.22. The van der Waals surface area contributed by atoms with Crippen molar-refractivity contribution >= 4 is 5.82 Å². The van der Waals surface area contributed by atoms with Crippen LogP contribution in [0.1, 0.15) is 56.9 Å². The highest BCUT2D eigenvalue weighted by Crippen LogP contribution is 2.28. The fraction of sp³-hybridized carbons (Fsp3) is 0.667. The van der Waals surface area contributed by atoms with E-state index >= 15 is 0 Å². The summed E-state index contributed by atoms with van der Waals surface area (Å²) in [6.45, 7) is 7.34. The number of nitriles is 1. The molecule has 2 rings (SSSR count). The van der Waals surface area contributed by atoms with E-state index in [2.05, 4.69) is 41.9 Å². The molecule has 1 saturated heterocycles. The van der Waals surface area contributed by atoms with E-state index in [-0.39, 0.29) is 0 Å². The second-order valence-corrected chi connectivity index (χ2v) is 5.18. The molecule has 0 spiro atoms. The smallest absolute Gasteiger partial charge is 0.169 e. The summed E-state index contributed by atoms with van der Waals surface area (Å²) < 4.78 is 0. The van der Waals surface area contributed by atoms with Crippen molar-refractivity contribution in [2.75, 3.05) is 11.4 Å². The minimum atomic E-state index is 0.451. The molecule has 0 radical (unpaired) electrons. The minimum Gasteiger partial charge on any atom is -0.351 e. The predicted molar refractivity (Wildman–Crippen MR) is 76.2 cm³/mol. The van der Waals surface area contributed by atoms with E-state index in [0.29, 0.717) is 6.04 Å². The van der Waals surface area contributed by atoms with Crippen molar-refractivity contribution < 1.29 is 0 Å². The van der Waals surface area contributed by atoms with Gasteiger partial charge < -0.3 is 4.90 Å². The van der Waals surface area contributed by atoms with E-state index in [1.165, 1.54) is 19.3 Å². The number of piperidine rings is 1. The summed E-state index contributed by atoms with van der Waals surface area (Å²) in [4.78, 5) is 2.26. The van der Waals surface area contributed by atoms with Crippen LogP contribution >= 0.6 is 0 Å². The third kappa shape index (κ3) is 2.56. The summed E-state index contributed by atoms with van der Waals surface area (Å²) in [5, 5.41) is 18.2. The minimum absolute atomic E-state index is 0.451. The largest absolute Gasteiger partial charge is 0.351 e. The zero-order valence-corrected chi connectivity index (χ0v) is 12.1. The third-order valence-corrected chi connectivity index (χ3v) is 4.01. The molecule has 0 N–H and O–H groups in total. The highest BCUT2D eigenvalue weighted by atomic mass is 15.3. The van der Waals surface area contributed by atoms with Crippen LogP contribution in [0.4, 0.5) is 5.82 Å². The van der Waals surface area contributed by atoms with E-state index in [0.717, 1.165) is 42.0 Å². The van der Waals surface area contributed by atoms with Gasteiger partial charge in [0.1, 0.15) is 11.6 Å². The molecule has 1 aliphatic heterocycles. The number of nitrogens with zero attached hydrogens (tertiary/aromatic N) is 4. The number of hydrogen-bond acceptors (Lipinski definition) is 4. The molecule has 1 atom stereocenters. The zero-order chi connectivity index (χ0) is 13.8. The van der Waals surface area contributed by atoms with Crippen LogP contribution in [0.5, 0.6) is 0 Å². The quantitative estimate of drug-likeness (QED) is 0.836. The highest BCUT2D eigenvalue weighted by molar-refractivity contribution is 5.58. The fourth-order valence-electron chi connectivity index (χ4n) is 2.89. The summed E-state index contributed by atoms with van der Waals surface area (Å²) in [5.74, 6) is 0.795. The van der Waals surface area contributed by atoms with Gasteiger partial charge in [0.25, 0.3) is 0 Å². The predicted octanol–water partition coefficient (Wildman–Crippen LogP) is 2.85. The number of hydrogen-bond donors (Lipinski definition) is 0. The Morgan fingerprint density at radius 1 is 1.26 bits per heavy atom. The van der Waals surface area contributed by atoms with Crippen LogP contribution in [0.2, 0.25) is 0 Å². The summed E-state index contributed by atoms with van der Waals surface area (Å²) in [6, 6.07) is 2.81. The lowest BCUT2D eigenvalue weighted by Gasteiger charge is -2.34. The fourth-order valence-corrected chi connectivity index (χ4v) is 2.89. The maximum absolute atomic E-state index is 9.52. The Kier molecular flexibility index (Phi) is 4.36. The van der Waals surface area contributed by atoms with Crippen LogP contribution in [-0.2, 0) is 12.8 Å². The molecule has 0 amide bonds. The van der Waals surface area contributed by atoms with Crippen LogP contribution < -0.4 is 4.90 Å². The van der Waals surface area contributed by atoms with Crippen LogP contribution in [0.15, 0.2) is 0 Å². The van der Waals surface area contributed by atoms with Gasteiger partial charge in [-0.25, -0.2) is 0 Å². The Morgan fingerprint density at radius 3 is 2.63 bits per heavy atom. The van der Waals surface area contributed by atoms with E-state index in [9.17, 15) is 5.26 Å². The Hall–Kier alpha value is -1.63. The molecule has 1 aromatic rings. The number of rotatable bonds is 3. The van der Waals surface area contributed by atoms with Crippen molar-refractivity contribution in [3.63, 3.8) is 0 Å². The van der Waals surface area contributed by atoms with Crippen molar-refractivity contribution in [1.29, 1.82) is 5.26 Å². The lowest BCUT2D eigenvalue weighted by Crippen LogP contribution is -2.39. The van der Waals surface area contributed by atoms with Crippen molar-refractivity contribution in [2.45, 2.75) is 58.9 Å². The molecule has 1 fully saturated rings. The van der Waals surface area contributed by atoms with Crippen LogP contribution in [0, 0.1) is 11.3 Å². The van der Waals surface area contributed by atoms with E-state index in [4.69, 9.17) is 0 Å². The van der Waals surface area contributed by atoms with Crippen LogP contribution in [0.3, 0.4) is 0 Å². The van der Waals surface area contributed by atoms with Gasteiger partial charge in [-0.15, -0.1) is 5.10 Å². The molecule has 4 heteroatoms. The maximum atomic E-state index is 9.52. The SMILES string of the molecule is CCc1nnc(N2CCCCC2C)c(C#N)c1CC. The van der Waals surface area contributed by atoms with E-state index in [1.54, 1.807) is 0 Å². The Labute approximate surface area is 115 Å². The van der Waals surface area contributed by atoms with Gasteiger partial charge in [-0.05, 0) is 44.6 Å². The van der Waals surface area contributed by atoms with E-state index in [1.807, 2.05) is 0 Å². The van der Waals surface area contributed by atoms with Gasteiger partial charge in [-0.3, -0.25) is 0 Å². The van der Waals surface area contributed by atoms with Crippen molar-refractivity contribution in [2.24, 2.45) is 0 Å². The van der Waals surface area contributed by atoms with Crippen molar-refractivity contribution in [3.8, 4) is 6.07 Å². The molecule has 0 aliphatic carbocycles. The van der Waals surface area contributed by atoms with Crippen LogP contribution in [0.25, 0.3) is 0 Å².